The molecule has 4 rings (SSSR count). The van der Waals surface area contributed by atoms with Crippen LogP contribution in [0.2, 0.25) is 0 Å². The first-order chi connectivity index (χ1) is 17.3. The number of methoxy groups -OCH3 is 1. The second-order valence-corrected chi connectivity index (χ2v) is 9.96. The van der Waals surface area contributed by atoms with Gasteiger partial charge in [0.05, 0.1) is 23.7 Å². The molecule has 1 atom stereocenters. The van der Waals surface area contributed by atoms with Crippen LogP contribution in [-0.4, -0.2) is 41.2 Å². The summed E-state index contributed by atoms with van der Waals surface area (Å²) in [6, 6.07) is 16.1. The van der Waals surface area contributed by atoms with Crippen LogP contribution < -0.4 is 23.8 Å². The molecule has 1 aliphatic rings. The minimum Gasteiger partial charge on any atom is -0.497 e. The third-order valence-corrected chi connectivity index (χ3v) is 7.53. The van der Waals surface area contributed by atoms with Crippen molar-refractivity contribution in [1.82, 2.24) is 5.32 Å². The number of hydrogen-bond acceptors (Lipinski definition) is 6. The van der Waals surface area contributed by atoms with Crippen molar-refractivity contribution in [2.24, 2.45) is 0 Å². The first-order valence-corrected chi connectivity index (χ1v) is 12.9. The second kappa shape index (κ2) is 10.9. The molecule has 3 aromatic carbocycles. The number of fused-ring (bicyclic) bond motifs is 1. The summed E-state index contributed by atoms with van der Waals surface area (Å²) in [7, 11) is -2.64. The SMILES string of the molecule is CC[C@@H](NC(=O)CN(c1ccc(F)cc1)S(=O)(=O)c1ccc2c(c1)OCCO2)c1ccc(OC)cc1. The van der Waals surface area contributed by atoms with Crippen LogP contribution in [0.3, 0.4) is 0 Å². The Kier molecular flexibility index (Phi) is 7.64. The molecule has 3 aromatic rings. The zero-order valence-electron chi connectivity index (χ0n) is 19.9. The van der Waals surface area contributed by atoms with Gasteiger partial charge in [0.15, 0.2) is 11.5 Å². The van der Waals surface area contributed by atoms with Crippen molar-refractivity contribution < 1.29 is 31.8 Å². The highest BCUT2D eigenvalue weighted by molar-refractivity contribution is 7.92. The van der Waals surface area contributed by atoms with Gasteiger partial charge in [-0.25, -0.2) is 12.8 Å². The first-order valence-electron chi connectivity index (χ1n) is 11.4. The van der Waals surface area contributed by atoms with Gasteiger partial charge in [0.25, 0.3) is 10.0 Å². The lowest BCUT2D eigenvalue weighted by molar-refractivity contribution is -0.120. The fourth-order valence-electron chi connectivity index (χ4n) is 3.86. The Morgan fingerprint density at radius 3 is 2.33 bits per heavy atom. The number of amides is 1. The molecule has 0 aromatic heterocycles. The van der Waals surface area contributed by atoms with Crippen LogP contribution >= 0.6 is 0 Å². The summed E-state index contributed by atoms with van der Waals surface area (Å²) < 4.78 is 58.1. The Labute approximate surface area is 209 Å². The summed E-state index contributed by atoms with van der Waals surface area (Å²) in [6.45, 7) is 2.08. The monoisotopic (exact) mass is 514 g/mol. The summed E-state index contributed by atoms with van der Waals surface area (Å²) in [5.74, 6) is 0.398. The summed E-state index contributed by atoms with van der Waals surface area (Å²) in [5.41, 5.74) is 1.01. The molecule has 8 nitrogen and oxygen atoms in total. The lowest BCUT2D eigenvalue weighted by atomic mass is 10.0. The van der Waals surface area contributed by atoms with E-state index in [4.69, 9.17) is 14.2 Å². The van der Waals surface area contributed by atoms with Crippen molar-refractivity contribution in [3.8, 4) is 17.2 Å². The standard InChI is InChI=1S/C26H27FN2O6S/c1-3-23(18-4-10-21(33-2)11-5-18)28-26(30)17-29(20-8-6-19(27)7-9-20)36(31,32)22-12-13-24-25(16-22)35-15-14-34-24/h4-13,16,23H,3,14-15,17H2,1-2H3,(H,28,30)/t23-/m1/s1. The number of carbonyl (C=O) groups excluding carboxylic acids is 1. The molecule has 0 fully saturated rings. The fraction of sp³-hybridized carbons (Fsp3) is 0.269. The topological polar surface area (TPSA) is 94.2 Å². The van der Waals surface area contributed by atoms with Crippen LogP contribution in [0, 0.1) is 5.82 Å². The zero-order valence-corrected chi connectivity index (χ0v) is 20.8. The third kappa shape index (κ3) is 5.54. The molecule has 0 bridgehead atoms. The van der Waals surface area contributed by atoms with E-state index in [0.717, 1.165) is 22.0 Å². The average Bonchev–Trinajstić information content (AvgIpc) is 2.90. The largest absolute Gasteiger partial charge is 0.497 e. The van der Waals surface area contributed by atoms with E-state index < -0.39 is 28.3 Å². The molecule has 1 amide bonds. The molecule has 0 unspecified atom stereocenters. The zero-order chi connectivity index (χ0) is 25.7. The van der Waals surface area contributed by atoms with E-state index in [1.54, 1.807) is 19.2 Å². The van der Waals surface area contributed by atoms with Gasteiger partial charge in [-0.15, -0.1) is 0 Å². The number of hydrogen-bond donors (Lipinski definition) is 1. The molecule has 10 heteroatoms. The number of halogens is 1. The van der Waals surface area contributed by atoms with Crippen LogP contribution in [0.15, 0.2) is 71.6 Å². The number of sulfonamides is 1. The van der Waals surface area contributed by atoms with Gasteiger partial charge in [0.2, 0.25) is 5.91 Å². The average molecular weight is 515 g/mol. The van der Waals surface area contributed by atoms with Gasteiger partial charge in [-0.3, -0.25) is 9.10 Å². The normalized spacial score (nSPS) is 13.5. The summed E-state index contributed by atoms with van der Waals surface area (Å²) >= 11 is 0. The van der Waals surface area contributed by atoms with Gasteiger partial charge < -0.3 is 19.5 Å². The maximum absolute atomic E-state index is 13.7. The smallest absolute Gasteiger partial charge is 0.264 e. The Balaban J connectivity index is 1.62. The molecule has 0 saturated heterocycles. The van der Waals surface area contributed by atoms with Crippen molar-refractivity contribution >= 4 is 21.6 Å². The highest BCUT2D eigenvalue weighted by atomic mass is 32.2. The summed E-state index contributed by atoms with van der Waals surface area (Å²) in [6.07, 6.45) is 0.587. The van der Waals surface area contributed by atoms with Crippen LogP contribution in [0.25, 0.3) is 0 Å². The van der Waals surface area contributed by atoms with E-state index >= 15 is 0 Å². The molecule has 0 aliphatic carbocycles. The number of rotatable bonds is 9. The van der Waals surface area contributed by atoms with Crippen LogP contribution in [0.1, 0.15) is 24.9 Å². The van der Waals surface area contributed by atoms with Crippen molar-refractivity contribution in [2.45, 2.75) is 24.3 Å². The molecule has 36 heavy (non-hydrogen) atoms. The molecular weight excluding hydrogens is 487 g/mol. The van der Waals surface area contributed by atoms with Gasteiger partial charge in [0.1, 0.15) is 31.3 Å². The Morgan fingerprint density at radius 2 is 1.69 bits per heavy atom. The van der Waals surface area contributed by atoms with Gasteiger partial charge in [-0.05, 0) is 60.5 Å². The van der Waals surface area contributed by atoms with E-state index in [9.17, 15) is 17.6 Å². The number of carbonyl (C=O) groups is 1. The predicted octanol–water partition coefficient (Wildman–Crippen LogP) is 4.07. The maximum atomic E-state index is 13.7. The Hall–Kier alpha value is -3.79. The predicted molar refractivity (Wildman–Crippen MR) is 133 cm³/mol. The molecule has 1 heterocycles. The van der Waals surface area contributed by atoms with Gasteiger partial charge in [-0.2, -0.15) is 0 Å². The van der Waals surface area contributed by atoms with Crippen LogP contribution in [0.5, 0.6) is 17.2 Å². The van der Waals surface area contributed by atoms with Gasteiger partial charge in [0, 0.05) is 6.07 Å². The summed E-state index contributed by atoms with van der Waals surface area (Å²) in [4.78, 5) is 13.0. The minimum atomic E-state index is -4.21. The van der Waals surface area contributed by atoms with Gasteiger partial charge in [-0.1, -0.05) is 19.1 Å². The molecule has 0 saturated carbocycles. The molecular formula is C26H27FN2O6S. The maximum Gasteiger partial charge on any atom is 0.264 e. The molecule has 1 N–H and O–H groups in total. The van der Waals surface area contributed by atoms with E-state index in [1.165, 1.54) is 30.3 Å². The van der Waals surface area contributed by atoms with Crippen molar-refractivity contribution in [3.05, 3.63) is 78.1 Å². The quantitative estimate of drug-likeness (QED) is 0.463. The van der Waals surface area contributed by atoms with E-state index in [-0.39, 0.29) is 16.6 Å². The number of ether oxygens (including phenoxy) is 3. The molecule has 0 radical (unpaired) electrons. The molecule has 1 aliphatic heterocycles. The number of anilines is 1. The number of nitrogens with one attached hydrogen (secondary N) is 1. The van der Waals surface area contributed by atoms with Crippen LogP contribution in [-0.2, 0) is 14.8 Å². The van der Waals surface area contributed by atoms with Crippen molar-refractivity contribution in [3.63, 3.8) is 0 Å². The fourth-order valence-corrected chi connectivity index (χ4v) is 5.30. The van der Waals surface area contributed by atoms with Gasteiger partial charge >= 0.3 is 0 Å². The van der Waals surface area contributed by atoms with Crippen molar-refractivity contribution in [1.29, 1.82) is 0 Å². The molecule has 190 valence electrons. The lowest BCUT2D eigenvalue weighted by Gasteiger charge is -2.26. The Morgan fingerprint density at radius 1 is 1.03 bits per heavy atom. The highest BCUT2D eigenvalue weighted by Gasteiger charge is 2.29. The Bertz CT molecular complexity index is 1310. The van der Waals surface area contributed by atoms with E-state index in [2.05, 4.69) is 5.32 Å². The first kappa shape index (κ1) is 25.3. The second-order valence-electron chi connectivity index (χ2n) is 8.10. The molecule has 0 spiro atoms. The van der Waals surface area contributed by atoms with Crippen molar-refractivity contribution in [2.75, 3.05) is 31.2 Å². The lowest BCUT2D eigenvalue weighted by Crippen LogP contribution is -2.42. The summed E-state index contributed by atoms with van der Waals surface area (Å²) in [5, 5.41) is 2.90. The highest BCUT2D eigenvalue weighted by Crippen LogP contribution is 2.34. The third-order valence-electron chi connectivity index (χ3n) is 5.77. The number of nitrogens with zero attached hydrogens (tertiary/aromatic N) is 1. The van der Waals surface area contributed by atoms with E-state index in [0.29, 0.717) is 36.9 Å². The van der Waals surface area contributed by atoms with Crippen LogP contribution in [0.4, 0.5) is 10.1 Å². The minimum absolute atomic E-state index is 0.0777. The number of benzene rings is 3. The van der Waals surface area contributed by atoms with E-state index in [1.807, 2.05) is 19.1 Å².